The number of methoxy groups -OCH3 is 1. The Balaban J connectivity index is 2.43. The van der Waals surface area contributed by atoms with Gasteiger partial charge in [0.15, 0.2) is 0 Å². The largest absolute Gasteiger partial charge is 0.459 e. The van der Waals surface area contributed by atoms with Crippen LogP contribution in [0.2, 0.25) is 0 Å². The lowest BCUT2D eigenvalue weighted by Gasteiger charge is -2.28. The third kappa shape index (κ3) is 2.18. The van der Waals surface area contributed by atoms with Crippen LogP contribution in [-0.4, -0.2) is 12.7 Å². The minimum Gasteiger partial charge on any atom is -0.459 e. The van der Waals surface area contributed by atoms with E-state index in [2.05, 4.69) is 0 Å². The minimum atomic E-state index is -0.535. The van der Waals surface area contributed by atoms with Gasteiger partial charge in [0.25, 0.3) is 0 Å². The van der Waals surface area contributed by atoms with Gasteiger partial charge < -0.3 is 14.9 Å². The van der Waals surface area contributed by atoms with Gasteiger partial charge in [0, 0.05) is 12.5 Å². The molecule has 1 aromatic heterocycles. The molecule has 0 fully saturated rings. The second-order valence-electron chi connectivity index (χ2n) is 4.62. The van der Waals surface area contributed by atoms with Crippen LogP contribution < -0.4 is 5.73 Å². The average Bonchev–Trinajstić information content (AvgIpc) is 2.70. The van der Waals surface area contributed by atoms with Crippen LogP contribution in [0.1, 0.15) is 25.6 Å². The van der Waals surface area contributed by atoms with E-state index in [0.29, 0.717) is 16.7 Å². The number of nitrogens with two attached hydrogens (primary N) is 1. The van der Waals surface area contributed by atoms with Crippen LogP contribution in [0.15, 0.2) is 28.7 Å². The molecule has 0 saturated carbocycles. The molecule has 3 nitrogen and oxygen atoms in total. The van der Waals surface area contributed by atoms with E-state index < -0.39 is 11.6 Å². The molecule has 0 bridgehead atoms. The Morgan fingerprint density at radius 3 is 2.71 bits per heavy atom. The summed E-state index contributed by atoms with van der Waals surface area (Å²) in [7, 11) is 1.60. The first-order chi connectivity index (χ1) is 7.94. The molecule has 1 unspecified atom stereocenters. The van der Waals surface area contributed by atoms with Gasteiger partial charge in [-0.05, 0) is 38.1 Å². The molecule has 1 aromatic carbocycles. The Bertz CT molecular complexity index is 533. The molecule has 2 rings (SSSR count). The van der Waals surface area contributed by atoms with Gasteiger partial charge in [0.05, 0.1) is 11.6 Å². The highest BCUT2D eigenvalue weighted by Crippen LogP contribution is 2.30. The third-order valence-electron chi connectivity index (χ3n) is 3.08. The van der Waals surface area contributed by atoms with Crippen LogP contribution in [0, 0.1) is 5.82 Å². The SMILES string of the molecule is COC(C)(C)C(N)c1cc2cc(F)ccc2o1. The zero-order valence-electron chi connectivity index (χ0n) is 10.2. The van der Waals surface area contributed by atoms with Gasteiger partial charge in [0.2, 0.25) is 0 Å². The lowest BCUT2D eigenvalue weighted by Crippen LogP contribution is -2.36. The van der Waals surface area contributed by atoms with Crippen molar-refractivity contribution < 1.29 is 13.5 Å². The Hall–Kier alpha value is -1.39. The summed E-state index contributed by atoms with van der Waals surface area (Å²) >= 11 is 0. The van der Waals surface area contributed by atoms with Crippen LogP contribution in [0.5, 0.6) is 0 Å². The second-order valence-corrected chi connectivity index (χ2v) is 4.62. The number of benzene rings is 1. The van der Waals surface area contributed by atoms with Crippen molar-refractivity contribution in [1.82, 2.24) is 0 Å². The highest BCUT2D eigenvalue weighted by Gasteiger charge is 2.30. The summed E-state index contributed by atoms with van der Waals surface area (Å²) in [4.78, 5) is 0. The van der Waals surface area contributed by atoms with E-state index in [-0.39, 0.29) is 5.82 Å². The van der Waals surface area contributed by atoms with E-state index in [9.17, 15) is 4.39 Å². The smallest absolute Gasteiger partial charge is 0.134 e. The molecule has 4 heteroatoms. The Morgan fingerprint density at radius 1 is 1.35 bits per heavy atom. The molecule has 0 spiro atoms. The topological polar surface area (TPSA) is 48.4 Å². The maximum atomic E-state index is 13.0. The molecule has 0 aliphatic rings. The van der Waals surface area contributed by atoms with E-state index in [1.807, 2.05) is 13.8 Å². The predicted molar refractivity (Wildman–Crippen MR) is 64.2 cm³/mol. The summed E-state index contributed by atoms with van der Waals surface area (Å²) in [6.45, 7) is 3.76. The van der Waals surface area contributed by atoms with E-state index in [1.54, 1.807) is 19.2 Å². The molecule has 17 heavy (non-hydrogen) atoms. The van der Waals surface area contributed by atoms with E-state index in [4.69, 9.17) is 14.9 Å². The quantitative estimate of drug-likeness (QED) is 0.892. The van der Waals surface area contributed by atoms with Crippen molar-refractivity contribution in [2.75, 3.05) is 7.11 Å². The fourth-order valence-electron chi connectivity index (χ4n) is 1.66. The lowest BCUT2D eigenvalue weighted by atomic mass is 9.97. The number of hydrogen-bond donors (Lipinski definition) is 1. The maximum Gasteiger partial charge on any atom is 0.134 e. The molecule has 0 aliphatic heterocycles. The summed E-state index contributed by atoms with van der Waals surface area (Å²) in [5.74, 6) is 0.307. The van der Waals surface area contributed by atoms with Crippen LogP contribution in [0.25, 0.3) is 11.0 Å². The highest BCUT2D eigenvalue weighted by molar-refractivity contribution is 5.78. The van der Waals surface area contributed by atoms with Crippen LogP contribution in [0.3, 0.4) is 0 Å². The number of fused-ring (bicyclic) bond motifs is 1. The van der Waals surface area contributed by atoms with Crippen molar-refractivity contribution in [1.29, 1.82) is 0 Å². The van der Waals surface area contributed by atoms with Gasteiger partial charge in [-0.1, -0.05) is 0 Å². The number of hydrogen-bond acceptors (Lipinski definition) is 3. The van der Waals surface area contributed by atoms with Crippen LogP contribution >= 0.6 is 0 Å². The molecule has 92 valence electrons. The van der Waals surface area contributed by atoms with Gasteiger partial charge in [-0.15, -0.1) is 0 Å². The van der Waals surface area contributed by atoms with Gasteiger partial charge in [-0.3, -0.25) is 0 Å². The van der Waals surface area contributed by atoms with Crippen molar-refractivity contribution >= 4 is 11.0 Å². The molecule has 1 atom stereocenters. The first kappa shape index (κ1) is 12.1. The molecule has 1 heterocycles. The molecule has 0 radical (unpaired) electrons. The van der Waals surface area contributed by atoms with E-state index in [0.717, 1.165) is 0 Å². The second kappa shape index (κ2) is 4.13. The maximum absolute atomic E-state index is 13.0. The molecular weight excluding hydrogens is 221 g/mol. The standard InChI is InChI=1S/C13H16FNO2/c1-13(2,16-3)12(15)11-7-8-6-9(14)4-5-10(8)17-11/h4-7,12H,15H2,1-3H3. The number of halogens is 1. The van der Waals surface area contributed by atoms with Crippen LogP contribution in [0.4, 0.5) is 4.39 Å². The molecule has 0 aliphatic carbocycles. The Labute approximate surface area is 99.4 Å². The van der Waals surface area contributed by atoms with E-state index >= 15 is 0 Å². The Kier molecular flexibility index (Phi) is 2.93. The highest BCUT2D eigenvalue weighted by atomic mass is 19.1. The fraction of sp³-hybridized carbons (Fsp3) is 0.385. The average molecular weight is 237 g/mol. The Morgan fingerprint density at radius 2 is 2.06 bits per heavy atom. The number of ether oxygens (including phenoxy) is 1. The summed E-state index contributed by atoms with van der Waals surface area (Å²) < 4.78 is 24.0. The first-order valence-corrected chi connectivity index (χ1v) is 5.44. The fourth-order valence-corrected chi connectivity index (χ4v) is 1.66. The van der Waals surface area contributed by atoms with Gasteiger partial charge >= 0.3 is 0 Å². The number of furan rings is 1. The summed E-state index contributed by atoms with van der Waals surface area (Å²) in [5.41, 5.74) is 6.17. The van der Waals surface area contributed by atoms with Crippen molar-refractivity contribution in [2.45, 2.75) is 25.5 Å². The first-order valence-electron chi connectivity index (χ1n) is 5.44. The minimum absolute atomic E-state index is 0.288. The predicted octanol–water partition coefficient (Wildman–Crippen LogP) is 3.00. The molecule has 0 amide bonds. The molecule has 0 saturated heterocycles. The van der Waals surface area contributed by atoms with Crippen molar-refractivity contribution in [3.63, 3.8) is 0 Å². The summed E-state index contributed by atoms with van der Waals surface area (Å²) in [6.07, 6.45) is 0. The van der Waals surface area contributed by atoms with Crippen molar-refractivity contribution in [3.05, 3.63) is 35.8 Å². The third-order valence-corrected chi connectivity index (χ3v) is 3.08. The van der Waals surface area contributed by atoms with Crippen molar-refractivity contribution in [3.8, 4) is 0 Å². The zero-order chi connectivity index (χ0) is 12.6. The van der Waals surface area contributed by atoms with Gasteiger partial charge in [-0.2, -0.15) is 0 Å². The van der Waals surface area contributed by atoms with Crippen LogP contribution in [-0.2, 0) is 4.74 Å². The molecular formula is C13H16FNO2. The molecule has 2 aromatic rings. The van der Waals surface area contributed by atoms with Gasteiger partial charge in [-0.25, -0.2) is 4.39 Å². The molecule has 2 N–H and O–H groups in total. The van der Waals surface area contributed by atoms with Gasteiger partial charge in [0.1, 0.15) is 17.2 Å². The lowest BCUT2D eigenvalue weighted by molar-refractivity contribution is -0.00493. The summed E-state index contributed by atoms with van der Waals surface area (Å²) in [6, 6.07) is 5.74. The zero-order valence-corrected chi connectivity index (χ0v) is 10.2. The number of rotatable bonds is 3. The monoisotopic (exact) mass is 237 g/mol. The normalized spacial score (nSPS) is 14.2. The summed E-state index contributed by atoms with van der Waals surface area (Å²) in [5, 5.41) is 0.711. The van der Waals surface area contributed by atoms with Crippen molar-refractivity contribution in [2.24, 2.45) is 5.73 Å². The van der Waals surface area contributed by atoms with E-state index in [1.165, 1.54) is 12.1 Å².